The molecule has 1 aromatic rings. The van der Waals surface area contributed by atoms with E-state index in [1.165, 1.54) is 9.80 Å². The van der Waals surface area contributed by atoms with E-state index in [1.54, 1.807) is 4.90 Å². The highest BCUT2D eigenvalue weighted by molar-refractivity contribution is 6.40. The Balaban J connectivity index is 2.08. The Morgan fingerprint density at radius 1 is 1.23 bits per heavy atom. The zero-order valence-corrected chi connectivity index (χ0v) is 13.0. The lowest BCUT2D eigenvalue weighted by Crippen LogP contribution is -2.53. The van der Waals surface area contributed by atoms with Crippen LogP contribution < -0.4 is 4.90 Å². The van der Waals surface area contributed by atoms with E-state index in [0.717, 1.165) is 17.7 Å². The van der Waals surface area contributed by atoms with Gasteiger partial charge in [-0.05, 0) is 31.5 Å². The van der Waals surface area contributed by atoms with E-state index < -0.39 is 11.8 Å². The second kappa shape index (κ2) is 7.06. The Bertz CT molecular complexity index is 566. The molecule has 1 aliphatic rings. The fraction of sp³-hybridized carbons (Fsp3) is 0.438. The molecule has 0 spiro atoms. The van der Waals surface area contributed by atoms with Crippen molar-refractivity contribution in [2.24, 2.45) is 0 Å². The van der Waals surface area contributed by atoms with Crippen LogP contribution >= 0.6 is 0 Å². The molecule has 0 saturated carbocycles. The molecule has 6 heteroatoms. The largest absolute Gasteiger partial charge is 0.342 e. The first-order chi connectivity index (χ1) is 10.6. The number of hydrogen-bond donors (Lipinski definition) is 0. The zero-order valence-electron chi connectivity index (χ0n) is 13.0. The lowest BCUT2D eigenvalue weighted by atomic mass is 10.2. The van der Waals surface area contributed by atoms with Crippen LogP contribution in [-0.2, 0) is 14.4 Å². The average Bonchev–Trinajstić information content (AvgIpc) is 2.55. The number of nitrogens with zero attached hydrogens (tertiary/aromatic N) is 3. The predicted octanol–water partition coefficient (Wildman–Crippen LogP) is 0.649. The molecule has 1 saturated heterocycles. The van der Waals surface area contributed by atoms with Crippen LogP contribution in [0.2, 0.25) is 0 Å². The van der Waals surface area contributed by atoms with Gasteiger partial charge < -0.3 is 14.7 Å². The van der Waals surface area contributed by atoms with Crippen molar-refractivity contribution < 1.29 is 14.4 Å². The van der Waals surface area contributed by atoms with Crippen molar-refractivity contribution in [3.63, 3.8) is 0 Å². The van der Waals surface area contributed by atoms with Gasteiger partial charge in [-0.25, -0.2) is 0 Å². The van der Waals surface area contributed by atoms with Crippen molar-refractivity contribution in [3.8, 4) is 0 Å². The molecule has 0 bridgehead atoms. The molecule has 118 valence electrons. The minimum atomic E-state index is -0.521. The van der Waals surface area contributed by atoms with E-state index in [2.05, 4.69) is 0 Å². The Hall–Kier alpha value is -2.37. The molecule has 0 N–H and O–H groups in total. The molecule has 1 fully saturated rings. The third-order valence-electron chi connectivity index (χ3n) is 3.81. The maximum Gasteiger partial charge on any atom is 0.316 e. The molecule has 1 heterocycles. The first-order valence-electron chi connectivity index (χ1n) is 7.43. The van der Waals surface area contributed by atoms with Crippen LogP contribution in [0.4, 0.5) is 5.69 Å². The summed E-state index contributed by atoms with van der Waals surface area (Å²) in [6, 6.07) is 7.53. The highest BCUT2D eigenvalue weighted by Gasteiger charge is 2.29. The third kappa shape index (κ3) is 3.44. The van der Waals surface area contributed by atoms with Gasteiger partial charge >= 0.3 is 11.8 Å². The topological polar surface area (TPSA) is 60.9 Å². The van der Waals surface area contributed by atoms with Crippen LogP contribution in [0.1, 0.15) is 12.5 Å². The van der Waals surface area contributed by atoms with E-state index in [9.17, 15) is 14.4 Å². The van der Waals surface area contributed by atoms with Crippen LogP contribution in [-0.4, -0.2) is 60.7 Å². The first-order valence-corrected chi connectivity index (χ1v) is 7.43. The van der Waals surface area contributed by atoms with Crippen molar-refractivity contribution in [1.29, 1.82) is 0 Å². The number of amides is 3. The predicted molar refractivity (Wildman–Crippen MR) is 83.4 cm³/mol. The number of carbonyl (C=O) groups excluding carboxylic acids is 3. The summed E-state index contributed by atoms with van der Waals surface area (Å²) in [5, 5.41) is 0. The molecule has 1 aliphatic heterocycles. The molecular weight excluding hydrogens is 282 g/mol. The van der Waals surface area contributed by atoms with Gasteiger partial charge in [-0.3, -0.25) is 14.4 Å². The van der Waals surface area contributed by atoms with Gasteiger partial charge in [0.25, 0.3) is 0 Å². The van der Waals surface area contributed by atoms with Gasteiger partial charge in [-0.1, -0.05) is 12.1 Å². The second-order valence-corrected chi connectivity index (χ2v) is 5.32. The molecule has 0 radical (unpaired) electrons. The van der Waals surface area contributed by atoms with Gasteiger partial charge in [0, 0.05) is 38.4 Å². The minimum absolute atomic E-state index is 0.398. The Morgan fingerprint density at radius 2 is 1.91 bits per heavy atom. The number of benzene rings is 1. The molecule has 6 nitrogen and oxygen atoms in total. The summed E-state index contributed by atoms with van der Waals surface area (Å²) in [6.45, 7) is 5.96. The van der Waals surface area contributed by atoms with E-state index in [-0.39, 0.29) is 0 Å². The molecule has 1 aromatic carbocycles. The lowest BCUT2D eigenvalue weighted by molar-refractivity contribution is -0.146. The van der Waals surface area contributed by atoms with Crippen LogP contribution in [0.25, 0.3) is 0 Å². The number of hydrogen-bond acceptors (Lipinski definition) is 3. The second-order valence-electron chi connectivity index (χ2n) is 5.32. The van der Waals surface area contributed by atoms with E-state index in [1.807, 2.05) is 38.1 Å². The summed E-state index contributed by atoms with van der Waals surface area (Å²) in [5.41, 5.74) is 1.77. The summed E-state index contributed by atoms with van der Waals surface area (Å²) in [7, 11) is 0. The Morgan fingerprint density at radius 3 is 2.45 bits per heavy atom. The normalized spacial score (nSPS) is 14.6. The fourth-order valence-electron chi connectivity index (χ4n) is 2.52. The molecular formula is C16H21N3O3. The van der Waals surface area contributed by atoms with Gasteiger partial charge in [-0.15, -0.1) is 0 Å². The monoisotopic (exact) mass is 303 g/mol. The number of likely N-dealkylation sites (N-methyl/N-ethyl adjacent to an activating group) is 1. The van der Waals surface area contributed by atoms with Crippen molar-refractivity contribution in [1.82, 2.24) is 9.80 Å². The van der Waals surface area contributed by atoms with E-state index in [4.69, 9.17) is 0 Å². The van der Waals surface area contributed by atoms with Gasteiger partial charge in [0.2, 0.25) is 6.41 Å². The molecule has 3 amide bonds. The van der Waals surface area contributed by atoms with Gasteiger partial charge in [0.05, 0.1) is 0 Å². The summed E-state index contributed by atoms with van der Waals surface area (Å²) in [4.78, 5) is 40.2. The third-order valence-corrected chi connectivity index (χ3v) is 3.81. The maximum atomic E-state index is 12.5. The molecule has 0 atom stereocenters. The van der Waals surface area contributed by atoms with Crippen LogP contribution in [0.5, 0.6) is 0 Å². The maximum absolute atomic E-state index is 12.5. The van der Waals surface area contributed by atoms with Crippen LogP contribution in [0.15, 0.2) is 24.3 Å². The summed E-state index contributed by atoms with van der Waals surface area (Å²) >= 11 is 0. The van der Waals surface area contributed by atoms with Crippen molar-refractivity contribution in [3.05, 3.63) is 29.8 Å². The Kier molecular flexibility index (Phi) is 5.14. The zero-order chi connectivity index (χ0) is 16.1. The smallest absolute Gasteiger partial charge is 0.316 e. The summed E-state index contributed by atoms with van der Waals surface area (Å²) in [6.07, 6.45) is 0.773. The molecule has 0 aromatic heterocycles. The first kappa shape index (κ1) is 16.0. The van der Waals surface area contributed by atoms with E-state index in [0.29, 0.717) is 32.7 Å². The number of anilines is 1. The standard InChI is InChI=1S/C16H21N3O3/c1-3-19(14-6-4-5-13(2)11-14)16(22)15(21)18-9-7-17(12-20)8-10-18/h4-6,11-12H,3,7-10H2,1-2H3. The summed E-state index contributed by atoms with van der Waals surface area (Å²) in [5.74, 6) is -1.03. The number of piperazine rings is 1. The number of aryl methyl sites for hydroxylation is 1. The number of carbonyl (C=O) groups is 3. The number of rotatable bonds is 3. The SMILES string of the molecule is CCN(C(=O)C(=O)N1CCN(C=O)CC1)c1cccc(C)c1. The van der Waals surface area contributed by atoms with Gasteiger partial charge in [0.1, 0.15) is 0 Å². The average molecular weight is 303 g/mol. The van der Waals surface area contributed by atoms with E-state index >= 15 is 0 Å². The molecule has 22 heavy (non-hydrogen) atoms. The quantitative estimate of drug-likeness (QED) is 0.608. The minimum Gasteiger partial charge on any atom is -0.342 e. The van der Waals surface area contributed by atoms with Gasteiger partial charge in [0.15, 0.2) is 0 Å². The fourth-order valence-corrected chi connectivity index (χ4v) is 2.52. The van der Waals surface area contributed by atoms with Crippen LogP contribution in [0.3, 0.4) is 0 Å². The highest BCUT2D eigenvalue weighted by atomic mass is 16.2. The highest BCUT2D eigenvalue weighted by Crippen LogP contribution is 2.16. The van der Waals surface area contributed by atoms with Crippen molar-refractivity contribution in [2.75, 3.05) is 37.6 Å². The van der Waals surface area contributed by atoms with Crippen molar-refractivity contribution >= 4 is 23.9 Å². The lowest BCUT2D eigenvalue weighted by Gasteiger charge is -2.33. The molecule has 0 aliphatic carbocycles. The molecule has 0 unspecified atom stereocenters. The molecule has 2 rings (SSSR count). The van der Waals surface area contributed by atoms with Crippen molar-refractivity contribution in [2.45, 2.75) is 13.8 Å². The summed E-state index contributed by atoms with van der Waals surface area (Å²) < 4.78 is 0. The van der Waals surface area contributed by atoms with Crippen LogP contribution in [0, 0.1) is 6.92 Å². The van der Waals surface area contributed by atoms with Gasteiger partial charge in [-0.2, -0.15) is 0 Å². The Labute approximate surface area is 130 Å².